The average Bonchev–Trinajstić information content (AvgIpc) is 2.75. The minimum absolute atomic E-state index is 0.269. The molecular weight excluding hydrogens is 208 g/mol. The molecule has 0 aromatic carbocycles. The minimum atomic E-state index is -0.363. The molecule has 2 aromatic rings. The lowest BCUT2D eigenvalue weighted by Crippen LogP contribution is -2.34. The fourth-order valence-corrected chi connectivity index (χ4v) is 1.49. The Labute approximate surface area is 91.2 Å². The van der Waals surface area contributed by atoms with Crippen LogP contribution in [0.5, 0.6) is 0 Å². The van der Waals surface area contributed by atoms with Gasteiger partial charge in [0, 0.05) is 37.7 Å². The lowest BCUT2D eigenvalue weighted by molar-refractivity contribution is 0.535. The van der Waals surface area contributed by atoms with E-state index in [4.69, 9.17) is 0 Å². The summed E-state index contributed by atoms with van der Waals surface area (Å²) >= 11 is 0. The molecule has 1 N–H and O–H groups in total. The summed E-state index contributed by atoms with van der Waals surface area (Å²) < 4.78 is 3.10. The molecule has 0 aliphatic rings. The highest BCUT2D eigenvalue weighted by Crippen LogP contribution is 1.91. The van der Waals surface area contributed by atoms with E-state index in [1.807, 2.05) is 10.8 Å². The van der Waals surface area contributed by atoms with Crippen molar-refractivity contribution >= 4 is 0 Å². The number of nitrogens with one attached hydrogen (secondary N) is 1. The van der Waals surface area contributed by atoms with Crippen LogP contribution in [0.25, 0.3) is 0 Å². The first-order chi connectivity index (χ1) is 7.77. The van der Waals surface area contributed by atoms with E-state index < -0.39 is 0 Å². The predicted octanol–water partition coefficient (Wildman–Crippen LogP) is -0.177. The van der Waals surface area contributed by atoms with Crippen LogP contribution in [0.1, 0.15) is 6.42 Å². The molecule has 6 nitrogen and oxygen atoms in total. The van der Waals surface area contributed by atoms with Gasteiger partial charge in [0.25, 0.3) is 5.56 Å². The zero-order valence-corrected chi connectivity index (χ0v) is 8.67. The third-order valence-electron chi connectivity index (χ3n) is 2.30. The van der Waals surface area contributed by atoms with E-state index >= 15 is 0 Å². The molecule has 0 radical (unpaired) electrons. The van der Waals surface area contributed by atoms with Gasteiger partial charge in [-0.05, 0) is 6.42 Å². The Morgan fingerprint density at radius 1 is 1.31 bits per heavy atom. The van der Waals surface area contributed by atoms with E-state index in [1.165, 1.54) is 16.8 Å². The van der Waals surface area contributed by atoms with E-state index in [0.717, 1.165) is 6.54 Å². The van der Waals surface area contributed by atoms with Crippen LogP contribution in [0, 0.1) is 0 Å². The molecule has 2 rings (SSSR count). The van der Waals surface area contributed by atoms with Crippen molar-refractivity contribution in [1.82, 2.24) is 19.1 Å². The zero-order valence-electron chi connectivity index (χ0n) is 8.67. The van der Waals surface area contributed by atoms with Crippen molar-refractivity contribution < 1.29 is 0 Å². The summed E-state index contributed by atoms with van der Waals surface area (Å²) in [7, 11) is 0. The third-order valence-corrected chi connectivity index (χ3v) is 2.30. The summed E-state index contributed by atoms with van der Waals surface area (Å²) in [6, 6.07) is 1.35. The Hall–Kier alpha value is -2.11. The van der Waals surface area contributed by atoms with Crippen molar-refractivity contribution in [2.24, 2.45) is 0 Å². The van der Waals surface area contributed by atoms with Crippen LogP contribution in [0.2, 0.25) is 0 Å². The third kappa shape index (κ3) is 2.28. The van der Waals surface area contributed by atoms with Gasteiger partial charge in [-0.3, -0.25) is 9.36 Å². The van der Waals surface area contributed by atoms with Gasteiger partial charge in [0.05, 0.1) is 6.33 Å². The van der Waals surface area contributed by atoms with Gasteiger partial charge >= 0.3 is 5.69 Å². The number of rotatable bonds is 4. The second-order valence-corrected chi connectivity index (χ2v) is 3.43. The summed E-state index contributed by atoms with van der Waals surface area (Å²) in [6.45, 7) is 1.15. The van der Waals surface area contributed by atoms with E-state index in [-0.39, 0.29) is 11.2 Å². The first-order valence-corrected chi connectivity index (χ1v) is 5.01. The summed E-state index contributed by atoms with van der Waals surface area (Å²) in [5.74, 6) is 0. The number of aromatic nitrogens is 4. The second kappa shape index (κ2) is 4.61. The van der Waals surface area contributed by atoms with Crippen LogP contribution < -0.4 is 11.2 Å². The van der Waals surface area contributed by atoms with Crippen LogP contribution in [0.4, 0.5) is 0 Å². The van der Waals surface area contributed by atoms with Crippen molar-refractivity contribution in [2.75, 3.05) is 0 Å². The summed E-state index contributed by atoms with van der Waals surface area (Å²) in [5, 5.41) is 0. The van der Waals surface area contributed by atoms with Crippen LogP contribution >= 0.6 is 0 Å². The molecule has 84 valence electrons. The Morgan fingerprint density at radius 3 is 2.88 bits per heavy atom. The lowest BCUT2D eigenvalue weighted by Gasteiger charge is -2.04. The molecule has 0 atom stereocenters. The molecule has 16 heavy (non-hydrogen) atoms. The minimum Gasteiger partial charge on any atom is -0.337 e. The van der Waals surface area contributed by atoms with Crippen LogP contribution in [-0.4, -0.2) is 19.1 Å². The normalized spacial score (nSPS) is 10.5. The molecule has 0 saturated heterocycles. The molecular formula is C10H12N4O2. The van der Waals surface area contributed by atoms with Gasteiger partial charge in [0.15, 0.2) is 0 Å². The molecule has 0 fully saturated rings. The highest BCUT2D eigenvalue weighted by molar-refractivity contribution is 4.82. The SMILES string of the molecule is O=c1cc[nH]c(=O)n1CCCn1ccnc1. The van der Waals surface area contributed by atoms with Gasteiger partial charge in [-0.1, -0.05) is 0 Å². The molecule has 2 heterocycles. The quantitative estimate of drug-likeness (QED) is 0.777. The number of hydrogen-bond donors (Lipinski definition) is 1. The van der Waals surface area contributed by atoms with Gasteiger partial charge in [-0.2, -0.15) is 0 Å². The average molecular weight is 220 g/mol. The Morgan fingerprint density at radius 2 is 2.19 bits per heavy atom. The Kier molecular flexibility index (Phi) is 3.00. The molecule has 0 saturated carbocycles. The molecule has 0 aliphatic heterocycles. The van der Waals surface area contributed by atoms with Crippen LogP contribution in [-0.2, 0) is 13.1 Å². The van der Waals surface area contributed by atoms with Crippen molar-refractivity contribution in [1.29, 1.82) is 0 Å². The fraction of sp³-hybridized carbons (Fsp3) is 0.300. The summed E-state index contributed by atoms with van der Waals surface area (Å²) in [6.07, 6.45) is 7.32. The standard InChI is InChI=1S/C10H12N4O2/c15-9-2-3-12-10(16)14(9)6-1-5-13-7-4-11-8-13/h2-4,7-8H,1,5-6H2,(H,12,16). The van der Waals surface area contributed by atoms with Crippen molar-refractivity contribution in [2.45, 2.75) is 19.5 Å². The van der Waals surface area contributed by atoms with E-state index in [0.29, 0.717) is 13.0 Å². The molecule has 0 bridgehead atoms. The van der Waals surface area contributed by atoms with Crippen molar-refractivity contribution in [3.05, 3.63) is 51.8 Å². The largest absolute Gasteiger partial charge is 0.337 e. The van der Waals surface area contributed by atoms with Crippen molar-refractivity contribution in [3.8, 4) is 0 Å². The fourth-order valence-electron chi connectivity index (χ4n) is 1.49. The number of imidazole rings is 1. The van der Waals surface area contributed by atoms with Gasteiger partial charge in [0.2, 0.25) is 0 Å². The Balaban J connectivity index is 2.00. The predicted molar refractivity (Wildman–Crippen MR) is 58.2 cm³/mol. The lowest BCUT2D eigenvalue weighted by atomic mass is 10.4. The number of H-pyrrole nitrogens is 1. The number of aromatic amines is 1. The van der Waals surface area contributed by atoms with Crippen molar-refractivity contribution in [3.63, 3.8) is 0 Å². The van der Waals surface area contributed by atoms with E-state index in [1.54, 1.807) is 12.5 Å². The smallest absolute Gasteiger partial charge is 0.328 e. The topological polar surface area (TPSA) is 72.7 Å². The maximum absolute atomic E-state index is 11.4. The summed E-state index contributed by atoms with van der Waals surface area (Å²) in [4.78, 5) is 29.1. The van der Waals surface area contributed by atoms with Gasteiger partial charge in [0.1, 0.15) is 0 Å². The molecule has 0 spiro atoms. The highest BCUT2D eigenvalue weighted by atomic mass is 16.2. The van der Waals surface area contributed by atoms with Crippen LogP contribution in [0.15, 0.2) is 40.6 Å². The van der Waals surface area contributed by atoms with Crippen LogP contribution in [0.3, 0.4) is 0 Å². The first kappa shape index (κ1) is 10.4. The zero-order chi connectivity index (χ0) is 11.4. The monoisotopic (exact) mass is 220 g/mol. The maximum Gasteiger partial charge on any atom is 0.328 e. The molecule has 0 unspecified atom stereocenters. The van der Waals surface area contributed by atoms with E-state index in [9.17, 15) is 9.59 Å². The number of nitrogens with zero attached hydrogens (tertiary/aromatic N) is 3. The van der Waals surface area contributed by atoms with Gasteiger partial charge in [-0.25, -0.2) is 9.78 Å². The van der Waals surface area contributed by atoms with E-state index in [2.05, 4.69) is 9.97 Å². The Bertz CT molecular complexity index is 524. The number of aryl methyl sites for hydroxylation is 1. The van der Waals surface area contributed by atoms with Gasteiger partial charge in [-0.15, -0.1) is 0 Å². The maximum atomic E-state index is 11.4. The second-order valence-electron chi connectivity index (χ2n) is 3.43. The molecule has 0 amide bonds. The highest BCUT2D eigenvalue weighted by Gasteiger charge is 1.99. The molecule has 0 aliphatic carbocycles. The number of hydrogen-bond acceptors (Lipinski definition) is 3. The molecule has 2 aromatic heterocycles. The van der Waals surface area contributed by atoms with Gasteiger partial charge < -0.3 is 9.55 Å². The molecule has 6 heteroatoms. The first-order valence-electron chi connectivity index (χ1n) is 5.01. The summed E-state index contributed by atoms with van der Waals surface area (Å²) in [5.41, 5.74) is -0.632.